The van der Waals surface area contributed by atoms with Gasteiger partial charge in [-0.15, -0.1) is 6.58 Å². The van der Waals surface area contributed by atoms with Gasteiger partial charge in [0.2, 0.25) is 0 Å². The number of rotatable bonds is 8. The molecule has 0 aromatic heterocycles. The second kappa shape index (κ2) is 10.0. The Morgan fingerprint density at radius 2 is 2.00 bits per heavy atom. The van der Waals surface area contributed by atoms with Gasteiger partial charge in [-0.3, -0.25) is 0 Å². The number of ether oxygens (including phenoxy) is 1. The SMILES string of the molecule is C=CCCCCC/C=C/C(=O)OCC. The highest BCUT2D eigenvalue weighted by atomic mass is 16.5. The van der Waals surface area contributed by atoms with Crippen LogP contribution in [-0.4, -0.2) is 12.6 Å². The zero-order valence-corrected chi connectivity index (χ0v) is 9.00. The molecule has 0 saturated carbocycles. The number of carbonyl (C=O) groups excluding carboxylic acids is 1. The van der Waals surface area contributed by atoms with Crippen molar-refractivity contribution in [2.24, 2.45) is 0 Å². The molecule has 0 saturated heterocycles. The van der Waals surface area contributed by atoms with Crippen molar-refractivity contribution in [1.29, 1.82) is 0 Å². The van der Waals surface area contributed by atoms with Gasteiger partial charge >= 0.3 is 5.97 Å². The summed E-state index contributed by atoms with van der Waals surface area (Å²) in [5, 5.41) is 0. The molecule has 2 heteroatoms. The Hall–Kier alpha value is -1.05. The maximum atomic E-state index is 10.9. The van der Waals surface area contributed by atoms with Gasteiger partial charge in [-0.2, -0.15) is 0 Å². The topological polar surface area (TPSA) is 26.3 Å². The van der Waals surface area contributed by atoms with Crippen molar-refractivity contribution in [3.8, 4) is 0 Å². The number of hydrogen-bond donors (Lipinski definition) is 0. The van der Waals surface area contributed by atoms with Crippen LogP contribution in [0.15, 0.2) is 24.8 Å². The number of hydrogen-bond acceptors (Lipinski definition) is 2. The van der Waals surface area contributed by atoms with E-state index in [1.807, 2.05) is 12.2 Å². The standard InChI is InChI=1S/C12H20O2/c1-3-5-6-7-8-9-10-11-12(13)14-4-2/h3,10-11H,1,4-9H2,2H3/b11-10+. The van der Waals surface area contributed by atoms with E-state index in [0.717, 1.165) is 19.3 Å². The Labute approximate surface area is 86.6 Å². The minimum Gasteiger partial charge on any atom is -0.463 e. The molecule has 14 heavy (non-hydrogen) atoms. The van der Waals surface area contributed by atoms with Gasteiger partial charge in [0.1, 0.15) is 0 Å². The highest BCUT2D eigenvalue weighted by Gasteiger charge is 1.91. The first-order chi connectivity index (χ1) is 6.81. The summed E-state index contributed by atoms with van der Waals surface area (Å²) in [5.74, 6) is -0.237. The molecule has 0 spiro atoms. The van der Waals surface area contributed by atoms with E-state index in [0.29, 0.717) is 6.61 Å². The molecule has 0 amide bonds. The molecule has 0 aliphatic heterocycles. The minimum absolute atomic E-state index is 0.237. The Balaban J connectivity index is 3.26. The van der Waals surface area contributed by atoms with Crippen LogP contribution < -0.4 is 0 Å². The zero-order valence-electron chi connectivity index (χ0n) is 9.00. The lowest BCUT2D eigenvalue weighted by molar-refractivity contribution is -0.137. The fraction of sp³-hybridized carbons (Fsp3) is 0.583. The predicted octanol–water partition coefficient (Wildman–Crippen LogP) is 3.24. The van der Waals surface area contributed by atoms with Gasteiger partial charge in [0.05, 0.1) is 6.61 Å². The van der Waals surface area contributed by atoms with Gasteiger partial charge < -0.3 is 4.74 Å². The van der Waals surface area contributed by atoms with E-state index >= 15 is 0 Å². The van der Waals surface area contributed by atoms with Crippen LogP contribution in [0.5, 0.6) is 0 Å². The summed E-state index contributed by atoms with van der Waals surface area (Å²) in [6, 6.07) is 0. The fourth-order valence-electron chi connectivity index (χ4n) is 1.10. The molecular formula is C12H20O2. The molecule has 0 atom stereocenters. The third-order valence-corrected chi connectivity index (χ3v) is 1.82. The lowest BCUT2D eigenvalue weighted by Gasteiger charge is -1.95. The normalized spacial score (nSPS) is 10.4. The number of allylic oxidation sites excluding steroid dienone is 2. The molecule has 0 aromatic carbocycles. The van der Waals surface area contributed by atoms with Gasteiger partial charge in [0, 0.05) is 6.08 Å². The molecule has 0 aromatic rings. The Morgan fingerprint density at radius 1 is 1.29 bits per heavy atom. The quantitative estimate of drug-likeness (QED) is 0.258. The Morgan fingerprint density at radius 3 is 2.64 bits per heavy atom. The van der Waals surface area contributed by atoms with Gasteiger partial charge in [-0.05, 0) is 32.6 Å². The van der Waals surface area contributed by atoms with E-state index in [1.165, 1.54) is 18.9 Å². The molecule has 80 valence electrons. The van der Waals surface area contributed by atoms with Gasteiger partial charge in [-0.1, -0.05) is 18.6 Å². The van der Waals surface area contributed by atoms with Crippen molar-refractivity contribution < 1.29 is 9.53 Å². The molecule has 0 unspecified atom stereocenters. The van der Waals surface area contributed by atoms with Gasteiger partial charge in [0.15, 0.2) is 0 Å². The summed E-state index contributed by atoms with van der Waals surface area (Å²) in [6.07, 6.45) is 10.9. The van der Waals surface area contributed by atoms with Crippen molar-refractivity contribution in [3.63, 3.8) is 0 Å². The Kier molecular flexibility index (Phi) is 9.28. The van der Waals surface area contributed by atoms with Crippen molar-refractivity contribution in [3.05, 3.63) is 24.8 Å². The first-order valence-corrected chi connectivity index (χ1v) is 5.25. The third-order valence-electron chi connectivity index (χ3n) is 1.82. The van der Waals surface area contributed by atoms with Crippen LogP contribution in [0.2, 0.25) is 0 Å². The van der Waals surface area contributed by atoms with Crippen molar-refractivity contribution in [1.82, 2.24) is 0 Å². The van der Waals surface area contributed by atoms with Crippen LogP contribution >= 0.6 is 0 Å². The number of unbranched alkanes of at least 4 members (excludes halogenated alkanes) is 4. The molecule has 0 bridgehead atoms. The summed E-state index contributed by atoms with van der Waals surface area (Å²) in [7, 11) is 0. The second-order valence-corrected chi connectivity index (χ2v) is 3.08. The van der Waals surface area contributed by atoms with E-state index in [4.69, 9.17) is 4.74 Å². The van der Waals surface area contributed by atoms with Crippen LogP contribution in [0.3, 0.4) is 0 Å². The lowest BCUT2D eigenvalue weighted by Crippen LogP contribution is -1.98. The largest absolute Gasteiger partial charge is 0.463 e. The average molecular weight is 196 g/mol. The molecule has 0 N–H and O–H groups in total. The maximum Gasteiger partial charge on any atom is 0.330 e. The van der Waals surface area contributed by atoms with Crippen molar-refractivity contribution >= 4 is 5.97 Å². The van der Waals surface area contributed by atoms with Crippen LogP contribution in [0.4, 0.5) is 0 Å². The summed E-state index contributed by atoms with van der Waals surface area (Å²) in [5.41, 5.74) is 0. The predicted molar refractivity (Wildman–Crippen MR) is 59.1 cm³/mol. The van der Waals surface area contributed by atoms with Crippen molar-refractivity contribution in [2.75, 3.05) is 6.61 Å². The van der Waals surface area contributed by atoms with Crippen LogP contribution in [-0.2, 0) is 9.53 Å². The summed E-state index contributed by atoms with van der Waals surface area (Å²) in [6.45, 7) is 5.92. The molecule has 0 radical (unpaired) electrons. The monoisotopic (exact) mass is 196 g/mol. The molecular weight excluding hydrogens is 176 g/mol. The fourth-order valence-corrected chi connectivity index (χ4v) is 1.10. The van der Waals surface area contributed by atoms with E-state index in [2.05, 4.69) is 6.58 Å². The molecule has 0 rings (SSSR count). The van der Waals surface area contributed by atoms with Gasteiger partial charge in [0.25, 0.3) is 0 Å². The molecule has 0 heterocycles. The van der Waals surface area contributed by atoms with Crippen molar-refractivity contribution in [2.45, 2.75) is 39.0 Å². The van der Waals surface area contributed by atoms with E-state index in [9.17, 15) is 4.79 Å². The van der Waals surface area contributed by atoms with E-state index < -0.39 is 0 Å². The number of carbonyl (C=O) groups is 1. The highest BCUT2D eigenvalue weighted by molar-refractivity contribution is 5.81. The van der Waals surface area contributed by atoms with Crippen LogP contribution in [0, 0.1) is 0 Å². The van der Waals surface area contributed by atoms with Crippen LogP contribution in [0.1, 0.15) is 39.0 Å². The van der Waals surface area contributed by atoms with Gasteiger partial charge in [-0.25, -0.2) is 4.79 Å². The number of esters is 1. The highest BCUT2D eigenvalue weighted by Crippen LogP contribution is 2.03. The van der Waals surface area contributed by atoms with Crippen LogP contribution in [0.25, 0.3) is 0 Å². The first kappa shape index (κ1) is 12.9. The second-order valence-electron chi connectivity index (χ2n) is 3.08. The average Bonchev–Trinajstić information content (AvgIpc) is 2.17. The molecule has 0 fully saturated rings. The summed E-state index contributed by atoms with van der Waals surface area (Å²) >= 11 is 0. The maximum absolute atomic E-state index is 10.9. The molecule has 2 nitrogen and oxygen atoms in total. The Bertz CT molecular complexity index is 183. The minimum atomic E-state index is -0.237. The van der Waals surface area contributed by atoms with E-state index in [-0.39, 0.29) is 5.97 Å². The first-order valence-electron chi connectivity index (χ1n) is 5.25. The zero-order chi connectivity index (χ0) is 10.6. The third kappa shape index (κ3) is 9.04. The summed E-state index contributed by atoms with van der Waals surface area (Å²) < 4.78 is 4.75. The lowest BCUT2D eigenvalue weighted by atomic mass is 10.1. The summed E-state index contributed by atoms with van der Waals surface area (Å²) in [4.78, 5) is 10.9. The van der Waals surface area contributed by atoms with E-state index in [1.54, 1.807) is 6.92 Å². The smallest absolute Gasteiger partial charge is 0.330 e. The molecule has 0 aliphatic rings. The molecule has 0 aliphatic carbocycles.